The first-order chi connectivity index (χ1) is 7.46. The summed E-state index contributed by atoms with van der Waals surface area (Å²) in [5.74, 6) is -0.236. The van der Waals surface area contributed by atoms with Crippen molar-refractivity contribution >= 4 is 5.97 Å². The second-order valence-corrected chi connectivity index (χ2v) is 6.59. The molecule has 0 saturated carbocycles. The van der Waals surface area contributed by atoms with Crippen LogP contribution in [-0.4, -0.2) is 11.6 Å². The lowest BCUT2D eigenvalue weighted by Gasteiger charge is -2.33. The highest BCUT2D eigenvalue weighted by atomic mass is 16.6. The molecule has 0 aliphatic carbocycles. The van der Waals surface area contributed by atoms with Crippen molar-refractivity contribution in [2.75, 3.05) is 0 Å². The molecule has 0 heterocycles. The van der Waals surface area contributed by atoms with Crippen molar-refractivity contribution in [2.24, 2.45) is 10.8 Å². The van der Waals surface area contributed by atoms with Gasteiger partial charge in [-0.15, -0.1) is 0 Å². The molecule has 98 valence electrons. The highest BCUT2D eigenvalue weighted by Crippen LogP contribution is 2.37. The third kappa shape index (κ3) is 5.21. The first-order valence-electron chi connectivity index (χ1n) is 6.10. The van der Waals surface area contributed by atoms with Gasteiger partial charge in [0.2, 0.25) is 0 Å². The van der Waals surface area contributed by atoms with E-state index in [1.54, 1.807) is 0 Å². The van der Waals surface area contributed by atoms with E-state index in [1.165, 1.54) is 0 Å². The van der Waals surface area contributed by atoms with Crippen LogP contribution in [0.4, 0.5) is 0 Å². The van der Waals surface area contributed by atoms with Crippen LogP contribution in [-0.2, 0) is 9.53 Å². The molecule has 0 rings (SSSR count). The van der Waals surface area contributed by atoms with Gasteiger partial charge in [0.1, 0.15) is 5.60 Å². The zero-order valence-corrected chi connectivity index (χ0v) is 12.2. The third-order valence-electron chi connectivity index (χ3n) is 2.83. The molecule has 0 fully saturated rings. The Bertz CT molecular complexity index is 320. The molecule has 0 aromatic rings. The summed E-state index contributed by atoms with van der Waals surface area (Å²) in [6, 6.07) is 2.29. The summed E-state index contributed by atoms with van der Waals surface area (Å²) in [5, 5.41) is 9.16. The summed E-state index contributed by atoms with van der Waals surface area (Å²) in [6.45, 7) is 13.1. The standard InChI is InChI=1S/C14H25NO2/c1-8-14(7,10-15)9-13(5,6)11(16)17-12(2,3)4/h8-9H2,1-7H3. The Morgan fingerprint density at radius 2 is 1.65 bits per heavy atom. The van der Waals surface area contributed by atoms with Crippen LogP contribution in [0.2, 0.25) is 0 Å². The van der Waals surface area contributed by atoms with Crippen molar-refractivity contribution in [2.45, 2.75) is 66.9 Å². The van der Waals surface area contributed by atoms with Crippen molar-refractivity contribution in [3.63, 3.8) is 0 Å². The normalized spacial score (nSPS) is 15.9. The van der Waals surface area contributed by atoms with E-state index in [4.69, 9.17) is 10.00 Å². The molecule has 17 heavy (non-hydrogen) atoms. The molecule has 0 aromatic heterocycles. The van der Waals surface area contributed by atoms with Gasteiger partial charge in [-0.2, -0.15) is 5.26 Å². The third-order valence-corrected chi connectivity index (χ3v) is 2.83. The van der Waals surface area contributed by atoms with Crippen molar-refractivity contribution in [1.82, 2.24) is 0 Å². The first-order valence-corrected chi connectivity index (χ1v) is 6.10. The maximum Gasteiger partial charge on any atom is 0.312 e. The van der Waals surface area contributed by atoms with Gasteiger partial charge in [-0.1, -0.05) is 6.92 Å². The Labute approximate surface area is 105 Å². The van der Waals surface area contributed by atoms with E-state index in [-0.39, 0.29) is 5.97 Å². The minimum atomic E-state index is -0.631. The van der Waals surface area contributed by atoms with E-state index in [0.29, 0.717) is 6.42 Å². The second kappa shape index (κ2) is 5.08. The van der Waals surface area contributed by atoms with Crippen LogP contribution in [0.15, 0.2) is 0 Å². The van der Waals surface area contributed by atoms with Crippen LogP contribution in [0.25, 0.3) is 0 Å². The fraction of sp³-hybridized carbons (Fsp3) is 0.857. The number of rotatable bonds is 4. The molecule has 0 radical (unpaired) electrons. The number of nitriles is 1. The molecule has 1 unspecified atom stereocenters. The van der Waals surface area contributed by atoms with E-state index >= 15 is 0 Å². The zero-order valence-electron chi connectivity index (χ0n) is 12.2. The Morgan fingerprint density at radius 1 is 1.18 bits per heavy atom. The zero-order chi connectivity index (χ0) is 13.9. The van der Waals surface area contributed by atoms with Gasteiger partial charge in [-0.25, -0.2) is 0 Å². The molecule has 3 nitrogen and oxygen atoms in total. The number of esters is 1. The smallest absolute Gasteiger partial charge is 0.312 e. The number of nitrogens with zero attached hydrogens (tertiary/aromatic N) is 1. The summed E-state index contributed by atoms with van der Waals surface area (Å²) in [5.41, 5.74) is -1.59. The van der Waals surface area contributed by atoms with Crippen LogP contribution in [0, 0.1) is 22.2 Å². The molecule has 0 spiro atoms. The van der Waals surface area contributed by atoms with Gasteiger partial charge in [-0.05, 0) is 54.4 Å². The number of carbonyl (C=O) groups is 1. The van der Waals surface area contributed by atoms with Gasteiger partial charge in [0, 0.05) is 0 Å². The maximum atomic E-state index is 12.1. The highest BCUT2D eigenvalue weighted by Gasteiger charge is 2.39. The highest BCUT2D eigenvalue weighted by molar-refractivity contribution is 5.76. The van der Waals surface area contributed by atoms with Crippen LogP contribution >= 0.6 is 0 Å². The van der Waals surface area contributed by atoms with Gasteiger partial charge in [0.15, 0.2) is 0 Å². The Balaban J connectivity index is 4.81. The van der Waals surface area contributed by atoms with Gasteiger partial charge >= 0.3 is 5.97 Å². The molecule has 1 atom stereocenters. The molecular weight excluding hydrogens is 214 g/mol. The van der Waals surface area contributed by atoms with Gasteiger partial charge in [-0.3, -0.25) is 4.79 Å². The van der Waals surface area contributed by atoms with Crippen molar-refractivity contribution in [3.8, 4) is 6.07 Å². The van der Waals surface area contributed by atoms with Crippen LogP contribution < -0.4 is 0 Å². The molecule has 0 saturated heterocycles. The van der Waals surface area contributed by atoms with Crippen molar-refractivity contribution in [1.29, 1.82) is 5.26 Å². The fourth-order valence-corrected chi connectivity index (χ4v) is 1.71. The largest absolute Gasteiger partial charge is 0.460 e. The van der Waals surface area contributed by atoms with E-state index in [1.807, 2.05) is 48.5 Å². The molecule has 0 aromatic carbocycles. The fourth-order valence-electron chi connectivity index (χ4n) is 1.71. The molecule has 0 bridgehead atoms. The second-order valence-electron chi connectivity index (χ2n) is 6.59. The lowest BCUT2D eigenvalue weighted by molar-refractivity contribution is -0.167. The van der Waals surface area contributed by atoms with E-state index in [9.17, 15) is 4.79 Å². The van der Waals surface area contributed by atoms with Crippen LogP contribution in [0.5, 0.6) is 0 Å². The molecule has 0 aliphatic rings. The minimum absolute atomic E-state index is 0.236. The number of hydrogen-bond acceptors (Lipinski definition) is 3. The summed E-state index contributed by atoms with van der Waals surface area (Å²) in [4.78, 5) is 12.1. The summed E-state index contributed by atoms with van der Waals surface area (Å²) in [6.07, 6.45) is 1.25. The van der Waals surface area contributed by atoms with Gasteiger partial charge in [0.05, 0.1) is 16.9 Å². The topological polar surface area (TPSA) is 50.1 Å². The lowest BCUT2D eigenvalue weighted by atomic mass is 9.73. The van der Waals surface area contributed by atoms with Crippen LogP contribution in [0.3, 0.4) is 0 Å². The lowest BCUT2D eigenvalue weighted by Crippen LogP contribution is -2.37. The molecule has 0 amide bonds. The quantitative estimate of drug-likeness (QED) is 0.703. The molecular formula is C14H25NO2. The Morgan fingerprint density at radius 3 is 1.94 bits per heavy atom. The summed E-state index contributed by atoms with van der Waals surface area (Å²) in [7, 11) is 0. The van der Waals surface area contributed by atoms with Crippen molar-refractivity contribution in [3.05, 3.63) is 0 Å². The first kappa shape index (κ1) is 16.0. The van der Waals surface area contributed by atoms with E-state index < -0.39 is 16.4 Å². The molecule has 0 aliphatic heterocycles. The van der Waals surface area contributed by atoms with E-state index in [0.717, 1.165) is 6.42 Å². The van der Waals surface area contributed by atoms with Gasteiger partial charge in [0.25, 0.3) is 0 Å². The summed E-state index contributed by atoms with van der Waals surface area (Å²) < 4.78 is 5.39. The summed E-state index contributed by atoms with van der Waals surface area (Å²) >= 11 is 0. The Kier molecular flexibility index (Phi) is 4.77. The number of carbonyl (C=O) groups excluding carboxylic acids is 1. The van der Waals surface area contributed by atoms with E-state index in [2.05, 4.69) is 6.07 Å². The Hall–Kier alpha value is -1.04. The minimum Gasteiger partial charge on any atom is -0.460 e. The predicted octanol–water partition coefficient (Wildman–Crippen LogP) is 3.68. The predicted molar refractivity (Wildman–Crippen MR) is 68.3 cm³/mol. The van der Waals surface area contributed by atoms with Crippen LogP contribution in [0.1, 0.15) is 61.3 Å². The average molecular weight is 239 g/mol. The molecule has 3 heteroatoms. The SMILES string of the molecule is CCC(C)(C#N)CC(C)(C)C(=O)OC(C)(C)C. The van der Waals surface area contributed by atoms with Gasteiger partial charge < -0.3 is 4.74 Å². The van der Waals surface area contributed by atoms with Crippen molar-refractivity contribution < 1.29 is 9.53 Å². The molecule has 0 N–H and O–H groups in total. The monoisotopic (exact) mass is 239 g/mol. The number of hydrogen-bond donors (Lipinski definition) is 0. The number of ether oxygens (including phenoxy) is 1. The maximum absolute atomic E-state index is 12.1. The average Bonchev–Trinajstić information content (AvgIpc) is 2.14.